The van der Waals surface area contributed by atoms with Crippen LogP contribution in [0.2, 0.25) is 0 Å². The van der Waals surface area contributed by atoms with Gasteiger partial charge in [0.05, 0.1) is 10.0 Å². The molecular formula is C15H15BrN4O3. The number of phenolic OH excluding ortho intramolecular Hbond substituents is 1. The zero-order valence-corrected chi connectivity index (χ0v) is 14.4. The summed E-state index contributed by atoms with van der Waals surface area (Å²) in [6, 6.07) is 2.72. The van der Waals surface area contributed by atoms with Gasteiger partial charge in [0, 0.05) is 18.8 Å². The number of amides is 2. The highest BCUT2D eigenvalue weighted by Crippen LogP contribution is 2.24. The first-order chi connectivity index (χ1) is 10.8. The quantitative estimate of drug-likeness (QED) is 0.758. The monoisotopic (exact) mass is 378 g/mol. The number of phenols is 1. The summed E-state index contributed by atoms with van der Waals surface area (Å²) in [5.74, 6) is -0.257. The van der Waals surface area contributed by atoms with Crippen LogP contribution in [-0.4, -0.2) is 33.9 Å². The number of anilines is 1. The summed E-state index contributed by atoms with van der Waals surface area (Å²) in [6.07, 6.45) is 1.54. The SMILES string of the molecule is CNC(=O)c1cc(C(=O)Nc2nc(C)ncc2Br)c(C)cc1O. The first-order valence-corrected chi connectivity index (χ1v) is 7.49. The number of halogens is 1. The van der Waals surface area contributed by atoms with Gasteiger partial charge in [0.15, 0.2) is 5.82 Å². The van der Waals surface area contributed by atoms with Gasteiger partial charge >= 0.3 is 0 Å². The largest absolute Gasteiger partial charge is 0.507 e. The molecule has 0 spiro atoms. The van der Waals surface area contributed by atoms with E-state index >= 15 is 0 Å². The van der Waals surface area contributed by atoms with E-state index < -0.39 is 11.8 Å². The van der Waals surface area contributed by atoms with Crippen molar-refractivity contribution in [1.29, 1.82) is 0 Å². The smallest absolute Gasteiger partial charge is 0.257 e. The zero-order chi connectivity index (χ0) is 17.1. The molecule has 7 nitrogen and oxygen atoms in total. The number of nitrogens with one attached hydrogen (secondary N) is 2. The highest BCUT2D eigenvalue weighted by molar-refractivity contribution is 9.10. The third-order valence-electron chi connectivity index (χ3n) is 3.16. The molecule has 2 aromatic rings. The summed E-state index contributed by atoms with van der Waals surface area (Å²) in [6.45, 7) is 3.38. The number of aryl methyl sites for hydroxylation is 2. The Hall–Kier alpha value is -2.48. The van der Waals surface area contributed by atoms with Gasteiger partial charge in [0.25, 0.3) is 11.8 Å². The van der Waals surface area contributed by atoms with Crippen molar-refractivity contribution >= 4 is 33.6 Å². The minimum absolute atomic E-state index is 0.0289. The highest BCUT2D eigenvalue weighted by Gasteiger charge is 2.18. The second kappa shape index (κ2) is 6.74. The van der Waals surface area contributed by atoms with Crippen molar-refractivity contribution in [1.82, 2.24) is 15.3 Å². The number of carbonyl (C=O) groups is 2. The predicted octanol–water partition coefficient (Wildman–Crippen LogP) is 2.17. The van der Waals surface area contributed by atoms with Crippen LogP contribution in [0.15, 0.2) is 22.8 Å². The molecule has 120 valence electrons. The second-order valence-electron chi connectivity index (χ2n) is 4.83. The Balaban J connectivity index is 2.39. The minimum Gasteiger partial charge on any atom is -0.507 e. The molecule has 0 saturated carbocycles. The lowest BCUT2D eigenvalue weighted by Crippen LogP contribution is -2.20. The molecule has 23 heavy (non-hydrogen) atoms. The van der Waals surface area contributed by atoms with Crippen LogP contribution in [0.25, 0.3) is 0 Å². The maximum absolute atomic E-state index is 12.5. The Kier molecular flexibility index (Phi) is 4.95. The maximum atomic E-state index is 12.5. The van der Waals surface area contributed by atoms with Gasteiger partial charge in [-0.3, -0.25) is 9.59 Å². The molecule has 0 unspecified atom stereocenters. The highest BCUT2D eigenvalue weighted by atomic mass is 79.9. The Morgan fingerprint density at radius 2 is 1.87 bits per heavy atom. The molecule has 0 bridgehead atoms. The maximum Gasteiger partial charge on any atom is 0.257 e. The van der Waals surface area contributed by atoms with Crippen LogP contribution in [-0.2, 0) is 0 Å². The third-order valence-corrected chi connectivity index (χ3v) is 3.74. The lowest BCUT2D eigenvalue weighted by atomic mass is 10.0. The molecule has 0 aliphatic heterocycles. The van der Waals surface area contributed by atoms with E-state index in [-0.39, 0.29) is 16.9 Å². The zero-order valence-electron chi connectivity index (χ0n) is 12.8. The molecule has 8 heteroatoms. The average molecular weight is 379 g/mol. The van der Waals surface area contributed by atoms with Gasteiger partial charge in [0.2, 0.25) is 0 Å². The number of benzene rings is 1. The molecule has 0 atom stereocenters. The first-order valence-electron chi connectivity index (χ1n) is 6.69. The van der Waals surface area contributed by atoms with E-state index in [4.69, 9.17) is 0 Å². The molecule has 1 heterocycles. The topological polar surface area (TPSA) is 104 Å². The van der Waals surface area contributed by atoms with Gasteiger partial charge in [-0.15, -0.1) is 0 Å². The number of nitrogens with zero attached hydrogens (tertiary/aromatic N) is 2. The Bertz CT molecular complexity index is 793. The van der Waals surface area contributed by atoms with Crippen molar-refractivity contribution in [3.05, 3.63) is 45.3 Å². The third kappa shape index (κ3) is 3.65. The molecule has 0 aliphatic rings. The summed E-state index contributed by atoms with van der Waals surface area (Å²) in [4.78, 5) is 32.4. The molecule has 0 aliphatic carbocycles. The van der Waals surface area contributed by atoms with Crippen LogP contribution in [0.1, 0.15) is 32.1 Å². The van der Waals surface area contributed by atoms with E-state index in [9.17, 15) is 14.7 Å². The summed E-state index contributed by atoms with van der Waals surface area (Å²) in [5.41, 5.74) is 0.834. The number of aromatic nitrogens is 2. The Morgan fingerprint density at radius 3 is 2.52 bits per heavy atom. The van der Waals surface area contributed by atoms with Crippen LogP contribution >= 0.6 is 15.9 Å². The van der Waals surface area contributed by atoms with Crippen LogP contribution in [0.3, 0.4) is 0 Å². The van der Waals surface area contributed by atoms with Crippen molar-refractivity contribution in [2.75, 3.05) is 12.4 Å². The van der Waals surface area contributed by atoms with Crippen molar-refractivity contribution in [3.63, 3.8) is 0 Å². The number of rotatable bonds is 3. The molecular weight excluding hydrogens is 364 g/mol. The molecule has 2 amide bonds. The molecule has 0 saturated heterocycles. The summed E-state index contributed by atoms with van der Waals surface area (Å²) in [7, 11) is 1.45. The van der Waals surface area contributed by atoms with Gasteiger partial charge in [-0.05, 0) is 47.5 Å². The molecule has 1 aromatic heterocycles. The van der Waals surface area contributed by atoms with Crippen molar-refractivity contribution in [2.45, 2.75) is 13.8 Å². The number of hydrogen-bond acceptors (Lipinski definition) is 5. The fraction of sp³-hybridized carbons (Fsp3) is 0.200. The standard InChI is InChI=1S/C15H15BrN4O3/c1-7-4-12(21)10(14(22)17-3)5-9(7)15(23)20-13-11(16)6-18-8(2)19-13/h4-6,21H,1-3H3,(H,17,22)(H,18,19,20,23). The van der Waals surface area contributed by atoms with Crippen LogP contribution in [0.4, 0.5) is 5.82 Å². The lowest BCUT2D eigenvalue weighted by molar-refractivity contribution is 0.0960. The summed E-state index contributed by atoms with van der Waals surface area (Å²) < 4.78 is 0.541. The van der Waals surface area contributed by atoms with Gasteiger partial charge in [-0.1, -0.05) is 0 Å². The average Bonchev–Trinajstić information content (AvgIpc) is 2.50. The molecule has 1 aromatic carbocycles. The lowest BCUT2D eigenvalue weighted by Gasteiger charge is -2.11. The van der Waals surface area contributed by atoms with E-state index in [1.54, 1.807) is 13.8 Å². The van der Waals surface area contributed by atoms with Crippen molar-refractivity contribution < 1.29 is 14.7 Å². The van der Waals surface area contributed by atoms with Gasteiger partial charge in [-0.25, -0.2) is 9.97 Å². The van der Waals surface area contributed by atoms with E-state index in [2.05, 4.69) is 36.5 Å². The van der Waals surface area contributed by atoms with Crippen LogP contribution in [0.5, 0.6) is 5.75 Å². The molecule has 3 N–H and O–H groups in total. The number of carbonyl (C=O) groups excluding carboxylic acids is 2. The van der Waals surface area contributed by atoms with Crippen LogP contribution in [0, 0.1) is 13.8 Å². The van der Waals surface area contributed by atoms with Gasteiger partial charge in [-0.2, -0.15) is 0 Å². The van der Waals surface area contributed by atoms with E-state index in [0.717, 1.165) is 0 Å². The van der Waals surface area contributed by atoms with E-state index in [1.807, 2.05) is 0 Å². The molecule has 0 radical (unpaired) electrons. The first kappa shape index (κ1) is 16.9. The fourth-order valence-corrected chi connectivity index (χ4v) is 2.26. The normalized spacial score (nSPS) is 10.3. The Morgan fingerprint density at radius 1 is 1.17 bits per heavy atom. The van der Waals surface area contributed by atoms with Gasteiger partial charge < -0.3 is 15.7 Å². The molecule has 0 fully saturated rings. The number of hydrogen-bond donors (Lipinski definition) is 3. The number of aromatic hydroxyl groups is 1. The second-order valence-corrected chi connectivity index (χ2v) is 5.69. The summed E-state index contributed by atoms with van der Waals surface area (Å²) in [5, 5.41) is 14.9. The van der Waals surface area contributed by atoms with Gasteiger partial charge in [0.1, 0.15) is 11.6 Å². The summed E-state index contributed by atoms with van der Waals surface area (Å²) >= 11 is 3.27. The van der Waals surface area contributed by atoms with Crippen molar-refractivity contribution in [3.8, 4) is 5.75 Å². The van der Waals surface area contributed by atoms with Crippen molar-refractivity contribution in [2.24, 2.45) is 0 Å². The van der Waals surface area contributed by atoms with E-state index in [1.165, 1.54) is 25.4 Å². The van der Waals surface area contributed by atoms with Crippen LogP contribution < -0.4 is 10.6 Å². The molecule has 2 rings (SSSR count). The minimum atomic E-state index is -0.476. The van der Waals surface area contributed by atoms with E-state index in [0.29, 0.717) is 21.7 Å². The fourth-order valence-electron chi connectivity index (χ4n) is 1.97. The predicted molar refractivity (Wildman–Crippen MR) is 88.7 cm³/mol. The Labute approximate surface area is 141 Å².